The van der Waals surface area contributed by atoms with Gasteiger partial charge in [0.25, 0.3) is 0 Å². The Balaban J connectivity index is 1.10. The van der Waals surface area contributed by atoms with E-state index in [0.717, 1.165) is 44.9 Å². The highest BCUT2D eigenvalue weighted by Crippen LogP contribution is 2.47. The molecule has 198 valence electrons. The highest BCUT2D eigenvalue weighted by atomic mass is 16.2. The summed E-state index contributed by atoms with van der Waals surface area (Å²) in [5.74, 6) is 2.54. The summed E-state index contributed by atoms with van der Waals surface area (Å²) in [5.41, 5.74) is 0. The smallest absolute Gasteiger partial charge is 0.220 e. The second-order valence-electron chi connectivity index (χ2n) is 12.1. The lowest BCUT2D eigenvalue weighted by molar-refractivity contribution is -0.127. The maximum atomic E-state index is 13.2. The highest BCUT2D eigenvalue weighted by Gasteiger charge is 2.52. The molecule has 0 aromatic heterocycles. The summed E-state index contributed by atoms with van der Waals surface area (Å²) in [6, 6.07) is 0.451. The fraction of sp³-hybridized carbons (Fsp3) is 0.900. The summed E-state index contributed by atoms with van der Waals surface area (Å²) in [6.45, 7) is 0.648. The minimum absolute atomic E-state index is 0.00206. The van der Waals surface area contributed by atoms with E-state index in [-0.39, 0.29) is 23.8 Å². The molecule has 1 amide bonds. The van der Waals surface area contributed by atoms with Crippen LogP contribution in [0.1, 0.15) is 128 Å². The van der Waals surface area contributed by atoms with E-state index in [1.807, 2.05) is 0 Å². The Morgan fingerprint density at radius 3 is 2.11 bits per heavy atom. The van der Waals surface area contributed by atoms with E-state index in [1.165, 1.54) is 70.6 Å². The number of fused-ring (bicyclic) bond motifs is 5. The average Bonchev–Trinajstić information content (AvgIpc) is 3.43. The van der Waals surface area contributed by atoms with Crippen molar-refractivity contribution in [2.24, 2.45) is 23.7 Å². The predicted molar refractivity (Wildman–Crippen MR) is 140 cm³/mol. The molecule has 5 heteroatoms. The molecule has 2 bridgehead atoms. The molecule has 3 aliphatic carbocycles. The normalized spacial score (nSPS) is 32.5. The van der Waals surface area contributed by atoms with Crippen molar-refractivity contribution in [1.82, 2.24) is 10.6 Å². The lowest BCUT2D eigenvalue weighted by Gasteiger charge is -2.20. The molecule has 4 fully saturated rings. The van der Waals surface area contributed by atoms with E-state index in [4.69, 9.17) is 0 Å². The number of hydrogen-bond donors (Lipinski definition) is 2. The second kappa shape index (κ2) is 13.9. The van der Waals surface area contributed by atoms with Crippen LogP contribution in [0.15, 0.2) is 0 Å². The van der Waals surface area contributed by atoms with E-state index in [9.17, 15) is 14.4 Å². The van der Waals surface area contributed by atoms with Crippen molar-refractivity contribution in [2.45, 2.75) is 141 Å². The molecule has 5 unspecified atom stereocenters. The van der Waals surface area contributed by atoms with Crippen molar-refractivity contribution in [3.63, 3.8) is 0 Å². The van der Waals surface area contributed by atoms with Gasteiger partial charge in [-0.2, -0.15) is 0 Å². The van der Waals surface area contributed by atoms with Gasteiger partial charge in [0.15, 0.2) is 5.78 Å². The maximum absolute atomic E-state index is 13.2. The fourth-order valence-corrected chi connectivity index (χ4v) is 7.64. The third-order valence-corrected chi connectivity index (χ3v) is 9.62. The molecule has 5 nitrogen and oxygen atoms in total. The van der Waals surface area contributed by atoms with Crippen LogP contribution in [0.5, 0.6) is 0 Å². The van der Waals surface area contributed by atoms with Crippen LogP contribution < -0.4 is 10.6 Å². The Labute approximate surface area is 213 Å². The molecular formula is C30H50N2O3. The van der Waals surface area contributed by atoms with Gasteiger partial charge in [-0.15, -0.1) is 0 Å². The number of ketones is 2. The first-order chi connectivity index (χ1) is 17.1. The SMILES string of the molecule is O=C(CCC(=O)C1CCCCCCCC1)NCCCCC1NC2C3CCCCCCC(C3)C2C1=O. The predicted octanol–water partition coefficient (Wildman–Crippen LogP) is 5.89. The first-order valence-electron chi connectivity index (χ1n) is 15.2. The van der Waals surface area contributed by atoms with Crippen LogP contribution in [0.3, 0.4) is 0 Å². The topological polar surface area (TPSA) is 75.3 Å². The molecule has 3 saturated carbocycles. The molecular weight excluding hydrogens is 436 g/mol. The van der Waals surface area contributed by atoms with Gasteiger partial charge in [0, 0.05) is 37.3 Å². The molecule has 1 aliphatic heterocycles. The highest BCUT2D eigenvalue weighted by molar-refractivity contribution is 5.90. The van der Waals surface area contributed by atoms with Crippen molar-refractivity contribution in [2.75, 3.05) is 6.54 Å². The molecule has 2 N–H and O–H groups in total. The van der Waals surface area contributed by atoms with Crippen molar-refractivity contribution >= 4 is 17.5 Å². The third kappa shape index (κ3) is 7.63. The first kappa shape index (κ1) is 26.8. The zero-order valence-corrected chi connectivity index (χ0v) is 22.0. The Kier molecular flexibility index (Phi) is 10.7. The molecule has 0 spiro atoms. The maximum Gasteiger partial charge on any atom is 0.220 e. The monoisotopic (exact) mass is 486 g/mol. The molecule has 0 radical (unpaired) electrons. The lowest BCUT2D eigenvalue weighted by Crippen LogP contribution is -2.35. The summed E-state index contributed by atoms with van der Waals surface area (Å²) in [5, 5.41) is 6.76. The van der Waals surface area contributed by atoms with Gasteiger partial charge in [-0.3, -0.25) is 14.4 Å². The summed E-state index contributed by atoms with van der Waals surface area (Å²) in [4.78, 5) is 38.1. The Bertz CT molecular complexity index is 698. The molecule has 35 heavy (non-hydrogen) atoms. The van der Waals surface area contributed by atoms with Gasteiger partial charge in [0.1, 0.15) is 5.78 Å². The molecule has 0 aromatic rings. The Morgan fingerprint density at radius 2 is 1.40 bits per heavy atom. The number of rotatable bonds is 9. The molecule has 4 rings (SSSR count). The van der Waals surface area contributed by atoms with Gasteiger partial charge in [-0.1, -0.05) is 64.2 Å². The number of unbranched alkanes of at least 4 members (excludes halogenated alkanes) is 1. The summed E-state index contributed by atoms with van der Waals surface area (Å²) in [6.07, 6.45) is 22.0. The largest absolute Gasteiger partial charge is 0.356 e. The van der Waals surface area contributed by atoms with E-state index in [0.29, 0.717) is 48.8 Å². The number of hydrogen-bond acceptors (Lipinski definition) is 4. The Hall–Kier alpha value is -1.23. The average molecular weight is 487 g/mol. The fourth-order valence-electron chi connectivity index (χ4n) is 7.64. The molecule has 5 atom stereocenters. The van der Waals surface area contributed by atoms with Crippen LogP contribution >= 0.6 is 0 Å². The first-order valence-corrected chi connectivity index (χ1v) is 15.2. The lowest BCUT2D eigenvalue weighted by atomic mass is 9.85. The number of carbonyl (C=O) groups excluding carboxylic acids is 3. The van der Waals surface area contributed by atoms with Crippen LogP contribution in [0.25, 0.3) is 0 Å². The standard InChI is InChI=1S/C30H50N2O3/c33-26(22-13-7-3-1-2-4-8-14-22)18-19-27(34)31-20-12-11-17-25-30(35)28-23-15-9-5-6-10-16-24(21-23)29(28)32-25/h22-25,28-29,32H,1-21H2,(H,31,34). The summed E-state index contributed by atoms with van der Waals surface area (Å²) in [7, 11) is 0. The molecule has 1 saturated heterocycles. The van der Waals surface area contributed by atoms with Crippen LogP contribution in [-0.4, -0.2) is 36.1 Å². The van der Waals surface area contributed by atoms with E-state index in [1.54, 1.807) is 0 Å². The summed E-state index contributed by atoms with van der Waals surface area (Å²) >= 11 is 0. The van der Waals surface area contributed by atoms with Crippen LogP contribution in [0, 0.1) is 23.7 Å². The van der Waals surface area contributed by atoms with E-state index >= 15 is 0 Å². The molecule has 1 heterocycles. The quantitative estimate of drug-likeness (QED) is 0.399. The van der Waals surface area contributed by atoms with Crippen molar-refractivity contribution in [3.05, 3.63) is 0 Å². The van der Waals surface area contributed by atoms with Gasteiger partial charge in [-0.25, -0.2) is 0 Å². The third-order valence-electron chi connectivity index (χ3n) is 9.62. The zero-order chi connectivity index (χ0) is 24.5. The minimum atomic E-state index is 0.00206. The molecule has 4 aliphatic rings. The van der Waals surface area contributed by atoms with E-state index < -0.39 is 0 Å². The number of amides is 1. The second-order valence-corrected chi connectivity index (χ2v) is 12.1. The van der Waals surface area contributed by atoms with Gasteiger partial charge < -0.3 is 10.6 Å². The number of Topliss-reactive ketones (excluding diaryl/α,β-unsaturated/α-hetero) is 2. The molecule has 0 aromatic carbocycles. The van der Waals surface area contributed by atoms with Gasteiger partial charge in [-0.05, 0) is 63.2 Å². The van der Waals surface area contributed by atoms with Gasteiger partial charge in [0.2, 0.25) is 5.91 Å². The number of nitrogens with one attached hydrogen (secondary N) is 2. The van der Waals surface area contributed by atoms with Gasteiger partial charge in [0.05, 0.1) is 6.04 Å². The minimum Gasteiger partial charge on any atom is -0.356 e. The van der Waals surface area contributed by atoms with Crippen molar-refractivity contribution in [3.8, 4) is 0 Å². The van der Waals surface area contributed by atoms with Crippen LogP contribution in [0.4, 0.5) is 0 Å². The Morgan fingerprint density at radius 1 is 0.771 bits per heavy atom. The van der Waals surface area contributed by atoms with Crippen LogP contribution in [-0.2, 0) is 14.4 Å². The van der Waals surface area contributed by atoms with Gasteiger partial charge >= 0.3 is 0 Å². The van der Waals surface area contributed by atoms with Crippen molar-refractivity contribution < 1.29 is 14.4 Å². The van der Waals surface area contributed by atoms with Crippen molar-refractivity contribution in [1.29, 1.82) is 0 Å². The zero-order valence-electron chi connectivity index (χ0n) is 22.0. The summed E-state index contributed by atoms with van der Waals surface area (Å²) < 4.78 is 0. The number of carbonyl (C=O) groups is 3. The van der Waals surface area contributed by atoms with Crippen LogP contribution in [0.2, 0.25) is 0 Å². The van der Waals surface area contributed by atoms with E-state index in [2.05, 4.69) is 10.6 Å².